The zero-order chi connectivity index (χ0) is 8.04. The second kappa shape index (κ2) is 4.69. The Morgan fingerprint density at radius 1 is 1.40 bits per heavy atom. The molecule has 1 radical (unpaired) electrons. The quantitative estimate of drug-likeness (QED) is 0.569. The van der Waals surface area contributed by atoms with Gasteiger partial charge >= 0.3 is 0 Å². The van der Waals surface area contributed by atoms with Gasteiger partial charge in [-0.15, -0.1) is 0 Å². The Labute approximate surface area is 62.9 Å². The van der Waals surface area contributed by atoms with Gasteiger partial charge in [0.25, 0.3) is 0 Å². The summed E-state index contributed by atoms with van der Waals surface area (Å²) in [4.78, 5) is 0. The molecule has 0 aliphatic rings. The van der Waals surface area contributed by atoms with Gasteiger partial charge in [-0.3, -0.25) is 0 Å². The molecule has 1 unspecified atom stereocenters. The summed E-state index contributed by atoms with van der Waals surface area (Å²) in [5.74, 6) is 0. The Hall–Kier alpha value is -0.0800. The summed E-state index contributed by atoms with van der Waals surface area (Å²) in [5.41, 5.74) is -0.880. The highest BCUT2D eigenvalue weighted by Gasteiger charge is 2.17. The van der Waals surface area contributed by atoms with Crippen molar-refractivity contribution < 1.29 is 10.2 Å². The molecule has 0 fully saturated rings. The maximum atomic E-state index is 9.28. The molecule has 0 aliphatic heterocycles. The number of hydrogen-bond donors (Lipinski definition) is 2. The molecule has 0 aliphatic carbocycles. The van der Waals surface area contributed by atoms with Crippen molar-refractivity contribution in [2.24, 2.45) is 0 Å². The first-order chi connectivity index (χ1) is 4.62. The minimum absolute atomic E-state index is 0.149. The van der Waals surface area contributed by atoms with Crippen LogP contribution < -0.4 is 0 Å². The summed E-state index contributed by atoms with van der Waals surface area (Å²) in [7, 11) is 0. The van der Waals surface area contributed by atoms with Crippen LogP contribution in [0.4, 0.5) is 0 Å². The van der Waals surface area contributed by atoms with E-state index in [2.05, 4.69) is 6.92 Å². The first-order valence-electron chi connectivity index (χ1n) is 3.75. The van der Waals surface area contributed by atoms with Crippen molar-refractivity contribution in [3.05, 3.63) is 6.92 Å². The number of aliphatic hydroxyl groups excluding tert-OH is 1. The topological polar surface area (TPSA) is 40.5 Å². The van der Waals surface area contributed by atoms with E-state index >= 15 is 0 Å². The molecule has 2 nitrogen and oxygen atoms in total. The van der Waals surface area contributed by atoms with Crippen LogP contribution in [0.2, 0.25) is 0 Å². The highest BCUT2D eigenvalue weighted by molar-refractivity contribution is 4.70. The fraction of sp³-hybridized carbons (Fsp3) is 0.875. The average Bonchev–Trinajstić information content (AvgIpc) is 1.89. The lowest BCUT2D eigenvalue weighted by molar-refractivity contribution is -0.00679. The second-order valence-electron chi connectivity index (χ2n) is 2.97. The Balaban J connectivity index is 3.28. The van der Waals surface area contributed by atoms with Crippen LogP contribution in [0.25, 0.3) is 0 Å². The summed E-state index contributed by atoms with van der Waals surface area (Å²) in [6.07, 6.45) is 3.54. The first kappa shape index (κ1) is 9.92. The van der Waals surface area contributed by atoms with Crippen LogP contribution in [0.5, 0.6) is 0 Å². The van der Waals surface area contributed by atoms with E-state index in [1.807, 2.05) is 0 Å². The third-order valence-corrected chi connectivity index (χ3v) is 1.56. The molecule has 0 saturated heterocycles. The third-order valence-electron chi connectivity index (χ3n) is 1.56. The van der Waals surface area contributed by atoms with Crippen LogP contribution in [0.15, 0.2) is 0 Å². The van der Waals surface area contributed by atoms with E-state index in [0.29, 0.717) is 6.42 Å². The SMILES string of the molecule is [CH2]CCCCC(C)(O)CO. The fourth-order valence-corrected chi connectivity index (χ4v) is 0.762. The molecule has 2 N–H and O–H groups in total. The van der Waals surface area contributed by atoms with Crippen LogP contribution >= 0.6 is 0 Å². The van der Waals surface area contributed by atoms with Crippen molar-refractivity contribution in [1.82, 2.24) is 0 Å². The fourth-order valence-electron chi connectivity index (χ4n) is 0.762. The van der Waals surface area contributed by atoms with Gasteiger partial charge in [0.05, 0.1) is 12.2 Å². The van der Waals surface area contributed by atoms with Gasteiger partial charge in [-0.1, -0.05) is 26.2 Å². The summed E-state index contributed by atoms with van der Waals surface area (Å²) in [6, 6.07) is 0. The highest BCUT2D eigenvalue weighted by Crippen LogP contribution is 2.12. The smallest absolute Gasteiger partial charge is 0.0849 e. The molecule has 0 amide bonds. The molecular formula is C8H17O2. The van der Waals surface area contributed by atoms with E-state index in [1.54, 1.807) is 6.92 Å². The normalized spacial score (nSPS) is 16.8. The lowest BCUT2D eigenvalue weighted by Gasteiger charge is -2.19. The molecule has 1 atom stereocenters. The first-order valence-corrected chi connectivity index (χ1v) is 3.75. The van der Waals surface area contributed by atoms with Gasteiger partial charge < -0.3 is 10.2 Å². The molecule has 0 heterocycles. The molecule has 0 bridgehead atoms. The second-order valence-corrected chi connectivity index (χ2v) is 2.97. The molecular weight excluding hydrogens is 128 g/mol. The Kier molecular flexibility index (Phi) is 4.65. The molecule has 61 valence electrons. The summed E-state index contributed by atoms with van der Waals surface area (Å²) < 4.78 is 0. The lowest BCUT2D eigenvalue weighted by atomic mass is 10.00. The van der Waals surface area contributed by atoms with Gasteiger partial charge in [-0.2, -0.15) is 0 Å². The molecule has 0 spiro atoms. The van der Waals surface area contributed by atoms with Gasteiger partial charge in [-0.05, 0) is 13.3 Å². The maximum Gasteiger partial charge on any atom is 0.0849 e. The van der Waals surface area contributed by atoms with Crippen molar-refractivity contribution in [1.29, 1.82) is 0 Å². The van der Waals surface area contributed by atoms with E-state index < -0.39 is 5.60 Å². The summed E-state index contributed by atoms with van der Waals surface area (Å²) in [6.45, 7) is 5.19. The van der Waals surface area contributed by atoms with Gasteiger partial charge in [-0.25, -0.2) is 0 Å². The zero-order valence-electron chi connectivity index (χ0n) is 6.64. The van der Waals surface area contributed by atoms with E-state index in [4.69, 9.17) is 5.11 Å². The monoisotopic (exact) mass is 145 g/mol. The van der Waals surface area contributed by atoms with Crippen LogP contribution in [0.1, 0.15) is 32.6 Å². The van der Waals surface area contributed by atoms with Crippen molar-refractivity contribution in [3.63, 3.8) is 0 Å². The third kappa shape index (κ3) is 4.77. The van der Waals surface area contributed by atoms with Crippen molar-refractivity contribution >= 4 is 0 Å². The van der Waals surface area contributed by atoms with E-state index in [9.17, 15) is 5.11 Å². The van der Waals surface area contributed by atoms with Gasteiger partial charge in [0.1, 0.15) is 0 Å². The van der Waals surface area contributed by atoms with E-state index in [1.165, 1.54) is 0 Å². The van der Waals surface area contributed by atoms with Crippen molar-refractivity contribution in [2.75, 3.05) is 6.61 Å². The van der Waals surface area contributed by atoms with Gasteiger partial charge in [0.15, 0.2) is 0 Å². The van der Waals surface area contributed by atoms with E-state index in [0.717, 1.165) is 19.3 Å². The summed E-state index contributed by atoms with van der Waals surface area (Å²) in [5, 5.41) is 17.9. The minimum Gasteiger partial charge on any atom is -0.393 e. The Bertz CT molecular complexity index is 79.3. The Morgan fingerprint density at radius 2 is 2.00 bits per heavy atom. The number of hydrogen-bond acceptors (Lipinski definition) is 2. The van der Waals surface area contributed by atoms with Crippen LogP contribution in [0.3, 0.4) is 0 Å². The lowest BCUT2D eigenvalue weighted by Crippen LogP contribution is -2.28. The molecule has 0 rings (SSSR count). The highest BCUT2D eigenvalue weighted by atomic mass is 16.3. The zero-order valence-corrected chi connectivity index (χ0v) is 6.64. The minimum atomic E-state index is -0.880. The molecule has 2 heteroatoms. The number of unbranched alkanes of at least 4 members (excludes halogenated alkanes) is 2. The van der Waals surface area contributed by atoms with Crippen LogP contribution in [-0.4, -0.2) is 22.4 Å². The maximum absolute atomic E-state index is 9.28. The van der Waals surface area contributed by atoms with E-state index in [-0.39, 0.29) is 6.61 Å². The summed E-state index contributed by atoms with van der Waals surface area (Å²) >= 11 is 0. The molecule has 0 saturated carbocycles. The van der Waals surface area contributed by atoms with Gasteiger partial charge in [0.2, 0.25) is 0 Å². The predicted molar refractivity (Wildman–Crippen MR) is 41.5 cm³/mol. The standard InChI is InChI=1S/C8H17O2/c1-3-4-5-6-8(2,10)7-9/h9-10H,1,3-7H2,2H3. The molecule has 0 aromatic carbocycles. The number of aliphatic hydroxyl groups is 2. The average molecular weight is 145 g/mol. The molecule has 10 heavy (non-hydrogen) atoms. The van der Waals surface area contributed by atoms with Crippen molar-refractivity contribution in [2.45, 2.75) is 38.2 Å². The van der Waals surface area contributed by atoms with Gasteiger partial charge in [0, 0.05) is 0 Å². The van der Waals surface area contributed by atoms with Crippen LogP contribution in [0, 0.1) is 6.92 Å². The molecule has 0 aromatic heterocycles. The van der Waals surface area contributed by atoms with Crippen molar-refractivity contribution in [3.8, 4) is 0 Å². The predicted octanol–water partition coefficient (Wildman–Crippen LogP) is 1.12. The Morgan fingerprint density at radius 3 is 2.40 bits per heavy atom. The largest absolute Gasteiger partial charge is 0.393 e. The number of rotatable bonds is 5. The molecule has 0 aromatic rings. The van der Waals surface area contributed by atoms with Crippen LogP contribution in [-0.2, 0) is 0 Å².